The van der Waals surface area contributed by atoms with Gasteiger partial charge in [0, 0.05) is 18.5 Å². The van der Waals surface area contributed by atoms with Crippen molar-refractivity contribution in [2.45, 2.75) is 92.5 Å². The van der Waals surface area contributed by atoms with E-state index >= 15 is 0 Å². The lowest BCUT2D eigenvalue weighted by atomic mass is 9.93. The minimum atomic E-state index is -0.944. The van der Waals surface area contributed by atoms with Crippen LogP contribution in [0.2, 0.25) is 0 Å². The Bertz CT molecular complexity index is 844. The Morgan fingerprint density at radius 1 is 1.00 bits per heavy atom. The zero-order valence-electron chi connectivity index (χ0n) is 20.0. The third-order valence-electron chi connectivity index (χ3n) is 6.72. The summed E-state index contributed by atoms with van der Waals surface area (Å²) in [6.45, 7) is 13.8. The number of halogens is 1. The van der Waals surface area contributed by atoms with Crippen molar-refractivity contribution in [2.24, 2.45) is 5.41 Å². The molecule has 0 spiro atoms. The van der Waals surface area contributed by atoms with Crippen molar-refractivity contribution in [1.29, 1.82) is 0 Å². The molecule has 1 aromatic rings. The number of fused-ring (bicyclic) bond motifs is 4. The topological polar surface area (TPSA) is 60.9 Å². The third kappa shape index (κ3) is 4.57. The number of rotatable bonds is 8. The van der Waals surface area contributed by atoms with Gasteiger partial charge in [0.05, 0.1) is 11.4 Å². The van der Waals surface area contributed by atoms with E-state index in [1.165, 1.54) is 37.7 Å². The van der Waals surface area contributed by atoms with Gasteiger partial charge in [0.25, 0.3) is 0 Å². The van der Waals surface area contributed by atoms with E-state index in [1.54, 1.807) is 4.90 Å². The van der Waals surface area contributed by atoms with Crippen LogP contribution in [0, 0.1) is 19.3 Å². The Balaban J connectivity index is 0.00000341. The number of carbonyl (C=O) groups is 2. The normalized spacial score (nSPS) is 17.0. The first kappa shape index (κ1) is 25.5. The van der Waals surface area contributed by atoms with Crippen LogP contribution < -0.4 is 9.80 Å². The number of unbranched alkanes of at least 4 members (excludes halogenated alkanes) is 5. The standard InChI is InChI=1S/C25H38N2O3.ClH/c1-7-8-9-10-11-12-14-26-15-13-18-16(2)19-17(3)20(21(18)26)27(22(19)23(28)29)24(30)25(4,5)6;/h22H,7-15H2,1-6H3,(H,28,29);1H. The monoisotopic (exact) mass is 450 g/mol. The number of aliphatic carboxylic acids is 1. The SMILES string of the molecule is CCCCCCCCN1CCc2c(C)c3c(C)c(c21)N(C(=O)C(C)(C)C)C3C(=O)O.Cl. The van der Waals surface area contributed by atoms with E-state index < -0.39 is 17.4 Å². The second kappa shape index (κ2) is 9.81. The van der Waals surface area contributed by atoms with Gasteiger partial charge in [-0.05, 0) is 48.9 Å². The molecule has 0 aromatic heterocycles. The molecular weight excluding hydrogens is 412 g/mol. The molecule has 1 atom stereocenters. The highest BCUT2D eigenvalue weighted by Gasteiger charge is 2.48. The first-order valence-electron chi connectivity index (χ1n) is 11.6. The number of carboxylic acid groups (broad SMARTS) is 1. The molecule has 0 fully saturated rings. The largest absolute Gasteiger partial charge is 0.479 e. The van der Waals surface area contributed by atoms with Crippen LogP contribution in [0.4, 0.5) is 11.4 Å². The predicted octanol–water partition coefficient (Wildman–Crippen LogP) is 5.97. The summed E-state index contributed by atoms with van der Waals surface area (Å²) in [6, 6.07) is -0.909. The fraction of sp³-hybridized carbons (Fsp3) is 0.680. The minimum absolute atomic E-state index is 0. The summed E-state index contributed by atoms with van der Waals surface area (Å²) in [5.41, 5.74) is 5.42. The lowest BCUT2D eigenvalue weighted by Gasteiger charge is -2.32. The van der Waals surface area contributed by atoms with E-state index in [1.807, 2.05) is 34.6 Å². The number of hydrogen-bond acceptors (Lipinski definition) is 3. The molecule has 1 amide bonds. The minimum Gasteiger partial charge on any atom is -0.479 e. The van der Waals surface area contributed by atoms with E-state index in [-0.39, 0.29) is 18.3 Å². The molecule has 3 rings (SSSR count). The Hall–Kier alpha value is -1.75. The summed E-state index contributed by atoms with van der Waals surface area (Å²) < 4.78 is 0. The summed E-state index contributed by atoms with van der Waals surface area (Å²) >= 11 is 0. The van der Waals surface area contributed by atoms with Crippen molar-refractivity contribution in [3.05, 3.63) is 22.3 Å². The Kier molecular flexibility index (Phi) is 8.07. The summed E-state index contributed by atoms with van der Waals surface area (Å²) in [5.74, 6) is -1.06. The zero-order chi connectivity index (χ0) is 22.2. The summed E-state index contributed by atoms with van der Waals surface area (Å²) in [4.78, 5) is 29.7. The van der Waals surface area contributed by atoms with E-state index in [4.69, 9.17) is 0 Å². The molecule has 0 saturated carbocycles. The van der Waals surface area contributed by atoms with Gasteiger partial charge in [0.1, 0.15) is 0 Å². The van der Waals surface area contributed by atoms with Gasteiger partial charge in [-0.3, -0.25) is 9.69 Å². The van der Waals surface area contributed by atoms with Crippen LogP contribution >= 0.6 is 12.4 Å². The van der Waals surface area contributed by atoms with Crippen LogP contribution in [0.15, 0.2) is 0 Å². The van der Waals surface area contributed by atoms with E-state index in [0.29, 0.717) is 0 Å². The van der Waals surface area contributed by atoms with Gasteiger partial charge in [0.15, 0.2) is 6.04 Å². The molecule has 6 heteroatoms. The molecular formula is C25H39ClN2O3. The third-order valence-corrected chi connectivity index (χ3v) is 6.72. The van der Waals surface area contributed by atoms with Gasteiger partial charge in [-0.1, -0.05) is 59.8 Å². The maximum absolute atomic E-state index is 13.4. The molecule has 5 nitrogen and oxygen atoms in total. The Morgan fingerprint density at radius 2 is 1.61 bits per heavy atom. The molecule has 1 aromatic carbocycles. The van der Waals surface area contributed by atoms with Crippen molar-refractivity contribution >= 4 is 35.7 Å². The Labute approximate surface area is 193 Å². The van der Waals surface area contributed by atoms with Crippen molar-refractivity contribution in [3.8, 4) is 0 Å². The summed E-state index contributed by atoms with van der Waals surface area (Å²) in [7, 11) is 0. The lowest BCUT2D eigenvalue weighted by Crippen LogP contribution is -2.43. The fourth-order valence-corrected chi connectivity index (χ4v) is 5.16. The highest BCUT2D eigenvalue weighted by atomic mass is 35.5. The van der Waals surface area contributed by atoms with E-state index in [9.17, 15) is 14.7 Å². The number of carbonyl (C=O) groups excluding carboxylic acids is 1. The van der Waals surface area contributed by atoms with Gasteiger partial charge < -0.3 is 10.0 Å². The Morgan fingerprint density at radius 3 is 2.19 bits per heavy atom. The average molecular weight is 451 g/mol. The second-order valence-electron chi connectivity index (χ2n) is 10.0. The molecule has 1 N–H and O–H groups in total. The fourth-order valence-electron chi connectivity index (χ4n) is 5.16. The lowest BCUT2D eigenvalue weighted by molar-refractivity contribution is -0.141. The van der Waals surface area contributed by atoms with Crippen molar-refractivity contribution in [1.82, 2.24) is 0 Å². The van der Waals surface area contributed by atoms with Crippen molar-refractivity contribution in [3.63, 3.8) is 0 Å². The van der Waals surface area contributed by atoms with Gasteiger partial charge in [-0.15, -0.1) is 12.4 Å². The molecule has 174 valence electrons. The van der Waals surface area contributed by atoms with Crippen LogP contribution in [-0.2, 0) is 16.0 Å². The van der Waals surface area contributed by atoms with Gasteiger partial charge in [0.2, 0.25) is 5.91 Å². The summed E-state index contributed by atoms with van der Waals surface area (Å²) in [6.07, 6.45) is 8.42. The molecule has 31 heavy (non-hydrogen) atoms. The molecule has 2 bridgehead atoms. The van der Waals surface area contributed by atoms with Crippen LogP contribution in [-0.4, -0.2) is 30.1 Å². The number of benzene rings is 1. The molecule has 0 aliphatic carbocycles. The molecule has 2 heterocycles. The van der Waals surface area contributed by atoms with Crippen LogP contribution in [0.3, 0.4) is 0 Å². The van der Waals surface area contributed by atoms with Gasteiger partial charge >= 0.3 is 5.97 Å². The zero-order valence-corrected chi connectivity index (χ0v) is 20.8. The van der Waals surface area contributed by atoms with E-state index in [0.717, 1.165) is 54.0 Å². The number of carboxylic acids is 1. The van der Waals surface area contributed by atoms with Gasteiger partial charge in [-0.25, -0.2) is 4.79 Å². The second-order valence-corrected chi connectivity index (χ2v) is 10.0. The maximum Gasteiger partial charge on any atom is 0.331 e. The van der Waals surface area contributed by atoms with Crippen LogP contribution in [0.5, 0.6) is 0 Å². The quantitative estimate of drug-likeness (QED) is 0.496. The number of anilines is 2. The van der Waals surface area contributed by atoms with Crippen molar-refractivity contribution in [2.75, 3.05) is 22.9 Å². The highest BCUT2D eigenvalue weighted by Crippen LogP contribution is 2.54. The van der Waals surface area contributed by atoms with E-state index in [2.05, 4.69) is 11.8 Å². The van der Waals surface area contributed by atoms with Gasteiger partial charge in [-0.2, -0.15) is 0 Å². The smallest absolute Gasteiger partial charge is 0.331 e. The number of nitrogens with zero attached hydrogens (tertiary/aromatic N) is 2. The molecule has 1 unspecified atom stereocenters. The predicted molar refractivity (Wildman–Crippen MR) is 130 cm³/mol. The van der Waals surface area contributed by atoms with Crippen LogP contribution in [0.1, 0.15) is 94.5 Å². The first-order chi connectivity index (χ1) is 14.1. The molecule has 0 saturated heterocycles. The highest BCUT2D eigenvalue weighted by molar-refractivity contribution is 6.09. The van der Waals surface area contributed by atoms with Crippen LogP contribution in [0.25, 0.3) is 0 Å². The molecule has 2 aliphatic rings. The average Bonchev–Trinajstić information content (AvgIpc) is 3.17. The molecule has 0 radical (unpaired) electrons. The maximum atomic E-state index is 13.4. The number of amides is 1. The number of hydrogen-bond donors (Lipinski definition) is 1. The first-order valence-corrected chi connectivity index (χ1v) is 11.6. The van der Waals surface area contributed by atoms with Crippen molar-refractivity contribution < 1.29 is 14.7 Å². The molecule has 2 aliphatic heterocycles. The summed E-state index contributed by atoms with van der Waals surface area (Å²) in [5, 5.41) is 10.1.